The second-order valence-electron chi connectivity index (χ2n) is 15.8. The van der Waals surface area contributed by atoms with Gasteiger partial charge in [-0.05, 0) is 101 Å². The fraction of sp³-hybridized carbons (Fsp3) is 0.0545. The quantitative estimate of drug-likeness (QED) is 0.130. The molecule has 268 valence electrons. The van der Waals surface area contributed by atoms with Crippen LogP contribution in [0.5, 0.6) is 0 Å². The highest BCUT2D eigenvalue weighted by molar-refractivity contribution is 6.20. The van der Waals surface area contributed by atoms with Gasteiger partial charge >= 0.3 is 0 Å². The van der Waals surface area contributed by atoms with Crippen molar-refractivity contribution >= 4 is 32.3 Å². The van der Waals surface area contributed by atoms with Gasteiger partial charge in [-0.1, -0.05) is 184 Å². The molecule has 0 amide bonds. The zero-order chi connectivity index (χ0) is 38.1. The van der Waals surface area contributed by atoms with E-state index in [0.29, 0.717) is 5.82 Å². The molecule has 0 saturated carbocycles. The van der Waals surface area contributed by atoms with Crippen molar-refractivity contribution in [2.75, 3.05) is 0 Å². The van der Waals surface area contributed by atoms with Crippen LogP contribution in [0.3, 0.4) is 0 Å². The topological polar surface area (TPSA) is 25.8 Å². The summed E-state index contributed by atoms with van der Waals surface area (Å²) in [7, 11) is 0. The van der Waals surface area contributed by atoms with Crippen LogP contribution in [0.2, 0.25) is 0 Å². The van der Waals surface area contributed by atoms with Gasteiger partial charge < -0.3 is 0 Å². The van der Waals surface area contributed by atoms with Crippen molar-refractivity contribution in [1.82, 2.24) is 9.97 Å². The number of aromatic nitrogens is 2. The molecule has 2 nitrogen and oxygen atoms in total. The lowest BCUT2D eigenvalue weighted by Gasteiger charge is -2.21. The van der Waals surface area contributed by atoms with Gasteiger partial charge in [0.15, 0.2) is 5.82 Å². The number of nitrogens with zero attached hydrogens (tertiary/aromatic N) is 2. The maximum atomic E-state index is 5.19. The van der Waals surface area contributed by atoms with Gasteiger partial charge in [0.05, 0.1) is 11.4 Å². The van der Waals surface area contributed by atoms with Crippen molar-refractivity contribution in [2.24, 2.45) is 0 Å². The number of hydrogen-bond donors (Lipinski definition) is 0. The van der Waals surface area contributed by atoms with Crippen LogP contribution in [0.1, 0.15) is 25.0 Å². The first kappa shape index (κ1) is 33.2. The van der Waals surface area contributed by atoms with Crippen molar-refractivity contribution in [3.05, 3.63) is 205 Å². The summed E-state index contributed by atoms with van der Waals surface area (Å²) in [6, 6.07) is 70.2. The third-order valence-electron chi connectivity index (χ3n) is 12.1. The van der Waals surface area contributed by atoms with Crippen molar-refractivity contribution in [3.8, 4) is 67.3 Å². The lowest BCUT2D eigenvalue weighted by atomic mass is 9.82. The largest absolute Gasteiger partial charge is 0.228 e. The van der Waals surface area contributed by atoms with E-state index < -0.39 is 0 Å². The Hall–Kier alpha value is -7.16. The molecule has 0 fully saturated rings. The highest BCUT2D eigenvalue weighted by Gasteiger charge is 2.35. The van der Waals surface area contributed by atoms with Crippen LogP contribution in [0.4, 0.5) is 0 Å². The van der Waals surface area contributed by atoms with E-state index in [0.717, 1.165) is 28.1 Å². The molecule has 0 unspecified atom stereocenters. The third-order valence-corrected chi connectivity index (χ3v) is 12.1. The van der Waals surface area contributed by atoms with E-state index in [1.165, 1.54) is 76.8 Å². The average Bonchev–Trinajstić information content (AvgIpc) is 3.51. The van der Waals surface area contributed by atoms with E-state index in [1.807, 2.05) is 18.2 Å². The summed E-state index contributed by atoms with van der Waals surface area (Å²) >= 11 is 0. The average molecular weight is 727 g/mol. The molecule has 9 aromatic carbocycles. The first-order valence-electron chi connectivity index (χ1n) is 19.7. The van der Waals surface area contributed by atoms with Crippen LogP contribution in [0.25, 0.3) is 99.6 Å². The first-order chi connectivity index (χ1) is 28.0. The van der Waals surface area contributed by atoms with Crippen LogP contribution in [-0.4, -0.2) is 9.97 Å². The number of rotatable bonds is 5. The summed E-state index contributed by atoms with van der Waals surface area (Å²) in [5, 5.41) is 7.55. The van der Waals surface area contributed by atoms with E-state index in [1.54, 1.807) is 0 Å². The fourth-order valence-electron chi connectivity index (χ4n) is 9.16. The van der Waals surface area contributed by atoms with Gasteiger partial charge in [-0.25, -0.2) is 9.97 Å². The van der Waals surface area contributed by atoms with Crippen LogP contribution in [-0.2, 0) is 5.41 Å². The number of fused-ring (bicyclic) bond motifs is 7. The summed E-state index contributed by atoms with van der Waals surface area (Å²) in [4.78, 5) is 10.4. The zero-order valence-electron chi connectivity index (χ0n) is 31.9. The molecule has 1 aromatic heterocycles. The van der Waals surface area contributed by atoms with Gasteiger partial charge in [0.25, 0.3) is 0 Å². The molecule has 11 rings (SSSR count). The van der Waals surface area contributed by atoms with Gasteiger partial charge in [-0.2, -0.15) is 0 Å². The molecule has 0 radical (unpaired) electrons. The van der Waals surface area contributed by atoms with E-state index in [2.05, 4.69) is 190 Å². The lowest BCUT2D eigenvalue weighted by molar-refractivity contribution is 0.660. The standard InChI is InChI=1S/C55H38N2/c1-55(2)49-22-11-10-21-45(49)48-32-40(28-30-50(48)55)39-17-12-18-42(31-39)52-34-51(56-54(57-52)38-14-4-3-5-15-38)36-23-25-37(26-24-36)53-44-20-9-7-16-41(44)33-47-43-19-8-6-13-35(43)27-29-46(47)53/h3-34H,1-2H3. The second-order valence-corrected chi connectivity index (χ2v) is 15.8. The molecule has 0 bridgehead atoms. The Morgan fingerprint density at radius 3 is 1.79 bits per heavy atom. The van der Waals surface area contributed by atoms with E-state index in [4.69, 9.17) is 9.97 Å². The van der Waals surface area contributed by atoms with Crippen LogP contribution in [0, 0.1) is 0 Å². The number of hydrogen-bond acceptors (Lipinski definition) is 2. The maximum Gasteiger partial charge on any atom is 0.160 e. The monoisotopic (exact) mass is 726 g/mol. The van der Waals surface area contributed by atoms with E-state index in [-0.39, 0.29) is 5.41 Å². The van der Waals surface area contributed by atoms with Crippen molar-refractivity contribution < 1.29 is 0 Å². The Morgan fingerprint density at radius 1 is 0.333 bits per heavy atom. The molecule has 0 N–H and O–H groups in total. The van der Waals surface area contributed by atoms with Crippen molar-refractivity contribution in [1.29, 1.82) is 0 Å². The van der Waals surface area contributed by atoms with Crippen molar-refractivity contribution in [3.63, 3.8) is 0 Å². The predicted molar refractivity (Wildman–Crippen MR) is 239 cm³/mol. The highest BCUT2D eigenvalue weighted by atomic mass is 14.9. The molecular weight excluding hydrogens is 689 g/mol. The third kappa shape index (κ3) is 5.48. The highest BCUT2D eigenvalue weighted by Crippen LogP contribution is 2.49. The molecule has 1 heterocycles. The second kappa shape index (κ2) is 13.0. The van der Waals surface area contributed by atoms with Crippen molar-refractivity contribution in [2.45, 2.75) is 19.3 Å². The Kier molecular flexibility index (Phi) is 7.55. The van der Waals surface area contributed by atoms with Crippen LogP contribution in [0.15, 0.2) is 194 Å². The molecule has 0 saturated heterocycles. The molecule has 57 heavy (non-hydrogen) atoms. The maximum absolute atomic E-state index is 5.19. The van der Waals surface area contributed by atoms with Gasteiger partial charge in [-0.15, -0.1) is 0 Å². The molecule has 0 atom stereocenters. The van der Waals surface area contributed by atoms with E-state index in [9.17, 15) is 0 Å². The Labute approximate surface area is 332 Å². The van der Waals surface area contributed by atoms with Gasteiger partial charge in [0.1, 0.15) is 0 Å². The van der Waals surface area contributed by atoms with Gasteiger partial charge in [0.2, 0.25) is 0 Å². The SMILES string of the molecule is CC1(C)c2ccccc2-c2cc(-c3cccc(-c4cc(-c5ccc(-c6c7ccccc7cc7c6ccc6ccccc67)cc5)nc(-c5ccccc5)n4)c3)ccc21. The summed E-state index contributed by atoms with van der Waals surface area (Å²) in [5.74, 6) is 0.709. The minimum absolute atomic E-state index is 0.0206. The molecule has 2 heteroatoms. The minimum atomic E-state index is -0.0206. The molecule has 0 spiro atoms. The first-order valence-corrected chi connectivity index (χ1v) is 19.7. The molecular formula is C55H38N2. The molecule has 0 aliphatic heterocycles. The van der Waals surface area contributed by atoms with Gasteiger partial charge in [0, 0.05) is 22.1 Å². The zero-order valence-corrected chi connectivity index (χ0v) is 31.9. The molecule has 1 aliphatic carbocycles. The summed E-state index contributed by atoms with van der Waals surface area (Å²) in [6.45, 7) is 4.66. The predicted octanol–water partition coefficient (Wildman–Crippen LogP) is 14.6. The summed E-state index contributed by atoms with van der Waals surface area (Å²) in [5.41, 5.74) is 15.1. The Balaban J connectivity index is 1.02. The number of benzene rings is 9. The lowest BCUT2D eigenvalue weighted by Crippen LogP contribution is -2.14. The van der Waals surface area contributed by atoms with Crippen LogP contribution >= 0.6 is 0 Å². The Bertz CT molecular complexity index is 3190. The smallest absolute Gasteiger partial charge is 0.160 e. The van der Waals surface area contributed by atoms with Crippen LogP contribution < -0.4 is 0 Å². The van der Waals surface area contributed by atoms with E-state index >= 15 is 0 Å². The van der Waals surface area contributed by atoms with Gasteiger partial charge in [-0.3, -0.25) is 0 Å². The normalized spacial score (nSPS) is 12.9. The molecule has 10 aromatic rings. The summed E-state index contributed by atoms with van der Waals surface area (Å²) in [6.07, 6.45) is 0. The molecule has 1 aliphatic rings. The fourth-order valence-corrected chi connectivity index (χ4v) is 9.16. The Morgan fingerprint density at radius 2 is 0.947 bits per heavy atom. The summed E-state index contributed by atoms with van der Waals surface area (Å²) < 4.78 is 0. The minimum Gasteiger partial charge on any atom is -0.228 e.